The minimum Gasteiger partial charge on any atom is -0.390 e. The molecule has 0 spiro atoms. The molecule has 11 heavy (non-hydrogen) atoms. The van der Waals surface area contributed by atoms with Gasteiger partial charge >= 0.3 is 0 Å². The molecule has 64 valence electrons. The summed E-state index contributed by atoms with van der Waals surface area (Å²) in [7, 11) is 0. The minimum atomic E-state index is -0.712. The van der Waals surface area contributed by atoms with E-state index in [1.807, 2.05) is 6.92 Å². The highest BCUT2D eigenvalue weighted by atomic mass is 16.3. The highest BCUT2D eigenvalue weighted by Crippen LogP contribution is 2.14. The van der Waals surface area contributed by atoms with Crippen molar-refractivity contribution in [2.75, 3.05) is 0 Å². The standard InChI is InChI=1S/C9H16O2/c1-7(5-8(2)10)6-9(3,4)11/h5,11H,6H2,1-4H3/b7-5+. The second-order valence-corrected chi connectivity index (χ2v) is 3.59. The molecule has 0 aliphatic rings. The van der Waals surface area contributed by atoms with Gasteiger partial charge in [0.15, 0.2) is 5.78 Å². The van der Waals surface area contributed by atoms with Crippen LogP contribution in [0.1, 0.15) is 34.1 Å². The lowest BCUT2D eigenvalue weighted by atomic mass is 9.99. The second kappa shape index (κ2) is 3.67. The van der Waals surface area contributed by atoms with Gasteiger partial charge in [-0.3, -0.25) is 4.79 Å². The highest BCUT2D eigenvalue weighted by Gasteiger charge is 2.12. The fourth-order valence-corrected chi connectivity index (χ4v) is 1.08. The first kappa shape index (κ1) is 10.4. The van der Waals surface area contributed by atoms with Crippen LogP contribution in [-0.2, 0) is 4.79 Å². The third-order valence-electron chi connectivity index (χ3n) is 1.16. The molecule has 0 aromatic heterocycles. The van der Waals surface area contributed by atoms with Gasteiger partial charge < -0.3 is 5.11 Å². The normalized spacial score (nSPS) is 13.4. The molecule has 0 radical (unpaired) electrons. The van der Waals surface area contributed by atoms with Crippen LogP contribution < -0.4 is 0 Å². The van der Waals surface area contributed by atoms with Crippen LogP contribution in [0.15, 0.2) is 11.6 Å². The molecular formula is C9H16O2. The number of rotatable bonds is 3. The smallest absolute Gasteiger partial charge is 0.152 e. The zero-order valence-electron chi connectivity index (χ0n) is 7.64. The summed E-state index contributed by atoms with van der Waals surface area (Å²) in [6.07, 6.45) is 2.10. The fourth-order valence-electron chi connectivity index (χ4n) is 1.08. The predicted octanol–water partition coefficient (Wildman–Crippen LogP) is 1.68. The monoisotopic (exact) mass is 156 g/mol. The van der Waals surface area contributed by atoms with Crippen LogP contribution in [0.2, 0.25) is 0 Å². The molecule has 2 nitrogen and oxygen atoms in total. The van der Waals surface area contributed by atoms with Crippen LogP contribution in [0.3, 0.4) is 0 Å². The van der Waals surface area contributed by atoms with E-state index in [2.05, 4.69) is 0 Å². The van der Waals surface area contributed by atoms with Crippen molar-refractivity contribution in [3.05, 3.63) is 11.6 Å². The molecular weight excluding hydrogens is 140 g/mol. The molecule has 0 aromatic rings. The van der Waals surface area contributed by atoms with Crippen LogP contribution in [0.4, 0.5) is 0 Å². The average Bonchev–Trinajstić information content (AvgIpc) is 1.53. The van der Waals surface area contributed by atoms with E-state index in [1.54, 1.807) is 19.9 Å². The van der Waals surface area contributed by atoms with Gasteiger partial charge in [-0.2, -0.15) is 0 Å². The van der Waals surface area contributed by atoms with Crippen molar-refractivity contribution < 1.29 is 9.90 Å². The van der Waals surface area contributed by atoms with Crippen molar-refractivity contribution in [3.8, 4) is 0 Å². The molecule has 0 aromatic carbocycles. The highest BCUT2D eigenvalue weighted by molar-refractivity contribution is 5.87. The summed E-state index contributed by atoms with van der Waals surface area (Å²) in [5, 5.41) is 9.35. The average molecular weight is 156 g/mol. The van der Waals surface area contributed by atoms with E-state index in [9.17, 15) is 9.90 Å². The molecule has 0 amide bonds. The largest absolute Gasteiger partial charge is 0.390 e. The zero-order valence-corrected chi connectivity index (χ0v) is 7.64. The summed E-state index contributed by atoms with van der Waals surface area (Å²) < 4.78 is 0. The number of ketones is 1. The van der Waals surface area contributed by atoms with Crippen molar-refractivity contribution in [2.45, 2.75) is 39.7 Å². The Morgan fingerprint density at radius 2 is 1.91 bits per heavy atom. The lowest BCUT2D eigenvalue weighted by Crippen LogP contribution is -2.18. The summed E-state index contributed by atoms with van der Waals surface area (Å²) in [4.78, 5) is 10.6. The van der Waals surface area contributed by atoms with Gasteiger partial charge in [-0.1, -0.05) is 5.57 Å². The molecule has 0 atom stereocenters. The Labute approximate surface area is 67.9 Å². The van der Waals surface area contributed by atoms with E-state index < -0.39 is 5.60 Å². The maximum absolute atomic E-state index is 10.6. The molecule has 0 saturated carbocycles. The fraction of sp³-hybridized carbons (Fsp3) is 0.667. The van der Waals surface area contributed by atoms with Gasteiger partial charge in [-0.05, 0) is 40.2 Å². The SMILES string of the molecule is CC(=O)/C=C(\C)CC(C)(C)O. The lowest BCUT2D eigenvalue weighted by molar-refractivity contribution is -0.112. The van der Waals surface area contributed by atoms with E-state index in [-0.39, 0.29) is 5.78 Å². The maximum Gasteiger partial charge on any atom is 0.152 e. The Kier molecular flexibility index (Phi) is 3.46. The molecule has 0 saturated heterocycles. The molecule has 0 unspecified atom stereocenters. The van der Waals surface area contributed by atoms with Gasteiger partial charge in [0, 0.05) is 0 Å². The molecule has 0 aliphatic carbocycles. The number of aliphatic hydroxyl groups is 1. The summed E-state index contributed by atoms with van der Waals surface area (Å²) in [5.74, 6) is 0.0340. The van der Waals surface area contributed by atoms with Crippen LogP contribution in [0.5, 0.6) is 0 Å². The minimum absolute atomic E-state index is 0.0340. The van der Waals surface area contributed by atoms with Gasteiger partial charge in [0.05, 0.1) is 5.60 Å². The van der Waals surface area contributed by atoms with Gasteiger partial charge in [0.1, 0.15) is 0 Å². The van der Waals surface area contributed by atoms with Crippen LogP contribution in [-0.4, -0.2) is 16.5 Å². The van der Waals surface area contributed by atoms with Crippen molar-refractivity contribution in [2.24, 2.45) is 0 Å². The third kappa shape index (κ3) is 7.26. The first-order valence-corrected chi connectivity index (χ1v) is 3.71. The Morgan fingerprint density at radius 3 is 2.18 bits per heavy atom. The quantitative estimate of drug-likeness (QED) is 0.631. The topological polar surface area (TPSA) is 37.3 Å². The number of hydrogen-bond donors (Lipinski definition) is 1. The van der Waals surface area contributed by atoms with E-state index >= 15 is 0 Å². The summed E-state index contributed by atoms with van der Waals surface area (Å²) in [6, 6.07) is 0. The number of carbonyl (C=O) groups excluding carboxylic acids is 1. The summed E-state index contributed by atoms with van der Waals surface area (Å²) in [6.45, 7) is 6.81. The molecule has 0 aliphatic heterocycles. The second-order valence-electron chi connectivity index (χ2n) is 3.59. The molecule has 1 N–H and O–H groups in total. The Morgan fingerprint density at radius 1 is 1.45 bits per heavy atom. The Hall–Kier alpha value is -0.630. The van der Waals surface area contributed by atoms with E-state index in [1.165, 1.54) is 6.92 Å². The Bertz CT molecular complexity index is 172. The van der Waals surface area contributed by atoms with Crippen molar-refractivity contribution in [1.29, 1.82) is 0 Å². The van der Waals surface area contributed by atoms with Crippen molar-refractivity contribution in [3.63, 3.8) is 0 Å². The molecule has 0 bridgehead atoms. The van der Waals surface area contributed by atoms with Crippen molar-refractivity contribution in [1.82, 2.24) is 0 Å². The van der Waals surface area contributed by atoms with Gasteiger partial charge in [-0.15, -0.1) is 0 Å². The van der Waals surface area contributed by atoms with Crippen LogP contribution >= 0.6 is 0 Å². The van der Waals surface area contributed by atoms with Crippen LogP contribution in [0, 0.1) is 0 Å². The summed E-state index contributed by atoms with van der Waals surface area (Å²) >= 11 is 0. The first-order chi connectivity index (χ1) is 4.81. The molecule has 0 fully saturated rings. The molecule has 0 rings (SSSR count). The first-order valence-electron chi connectivity index (χ1n) is 3.71. The van der Waals surface area contributed by atoms with Gasteiger partial charge in [0.25, 0.3) is 0 Å². The maximum atomic E-state index is 10.6. The Balaban J connectivity index is 4.07. The van der Waals surface area contributed by atoms with E-state index in [0.717, 1.165) is 5.57 Å². The lowest BCUT2D eigenvalue weighted by Gasteiger charge is -2.16. The van der Waals surface area contributed by atoms with E-state index in [4.69, 9.17) is 0 Å². The van der Waals surface area contributed by atoms with Gasteiger partial charge in [0.2, 0.25) is 0 Å². The van der Waals surface area contributed by atoms with Crippen LogP contribution in [0.25, 0.3) is 0 Å². The summed E-state index contributed by atoms with van der Waals surface area (Å²) in [5.41, 5.74) is 0.209. The predicted molar refractivity (Wildman–Crippen MR) is 45.4 cm³/mol. The van der Waals surface area contributed by atoms with Gasteiger partial charge in [-0.25, -0.2) is 0 Å². The van der Waals surface area contributed by atoms with E-state index in [0.29, 0.717) is 6.42 Å². The zero-order chi connectivity index (χ0) is 9.07. The van der Waals surface area contributed by atoms with Crippen molar-refractivity contribution >= 4 is 5.78 Å². The number of carbonyl (C=O) groups is 1. The number of hydrogen-bond acceptors (Lipinski definition) is 2. The number of allylic oxidation sites excluding steroid dienone is 1. The molecule has 0 heterocycles. The molecule has 2 heteroatoms. The third-order valence-corrected chi connectivity index (χ3v) is 1.16.